The van der Waals surface area contributed by atoms with Crippen LogP contribution in [0.15, 0.2) is 24.3 Å². The van der Waals surface area contributed by atoms with Crippen LogP contribution in [0.2, 0.25) is 0 Å². The van der Waals surface area contributed by atoms with Crippen molar-refractivity contribution in [2.24, 2.45) is 5.92 Å². The van der Waals surface area contributed by atoms with E-state index in [-0.39, 0.29) is 0 Å². The fourth-order valence-corrected chi connectivity index (χ4v) is 2.31. The first kappa shape index (κ1) is 14.5. The van der Waals surface area contributed by atoms with Crippen LogP contribution in [0.5, 0.6) is 0 Å². The van der Waals surface area contributed by atoms with E-state index >= 15 is 0 Å². The first-order chi connectivity index (χ1) is 9.17. The molecule has 1 aromatic rings. The van der Waals surface area contributed by atoms with Crippen molar-refractivity contribution in [1.29, 1.82) is 0 Å². The minimum atomic E-state index is 0.550. The first-order valence-corrected chi connectivity index (χ1v) is 7.71. The van der Waals surface area contributed by atoms with Gasteiger partial charge < -0.3 is 5.32 Å². The fraction of sp³-hybridized carbons (Fsp3) is 0.647. The fourth-order valence-electron chi connectivity index (χ4n) is 2.31. The second kappa shape index (κ2) is 7.06. The van der Waals surface area contributed by atoms with Crippen LogP contribution in [0.3, 0.4) is 0 Å². The molecule has 1 aromatic carbocycles. The molecule has 0 aromatic heterocycles. The maximum Gasteiger partial charge on any atom is 0.0233 e. The lowest BCUT2D eigenvalue weighted by atomic mass is 10.1. The minimum Gasteiger partial charge on any atom is -0.310 e. The standard InChI is InChI=1S/C17H28N2/c1-4-19(13-17-9-10-17)12-16-7-5-15(6-8-16)11-18-14(2)3/h5-8,14,17-18H,4,9-13H2,1-3H3. The average molecular weight is 260 g/mol. The van der Waals surface area contributed by atoms with Gasteiger partial charge in [-0.15, -0.1) is 0 Å². The van der Waals surface area contributed by atoms with Crippen LogP contribution in [0.25, 0.3) is 0 Å². The van der Waals surface area contributed by atoms with Crippen molar-refractivity contribution in [3.8, 4) is 0 Å². The van der Waals surface area contributed by atoms with Crippen LogP contribution in [-0.4, -0.2) is 24.0 Å². The average Bonchev–Trinajstić information content (AvgIpc) is 3.21. The summed E-state index contributed by atoms with van der Waals surface area (Å²) in [6, 6.07) is 9.64. The smallest absolute Gasteiger partial charge is 0.0233 e. The molecular formula is C17H28N2. The van der Waals surface area contributed by atoms with Crippen LogP contribution in [0, 0.1) is 5.92 Å². The topological polar surface area (TPSA) is 15.3 Å². The van der Waals surface area contributed by atoms with Gasteiger partial charge in [0.25, 0.3) is 0 Å². The molecule has 0 heterocycles. The Morgan fingerprint density at radius 3 is 2.32 bits per heavy atom. The lowest BCUT2D eigenvalue weighted by Gasteiger charge is -2.20. The van der Waals surface area contributed by atoms with Gasteiger partial charge in [0.15, 0.2) is 0 Å². The Morgan fingerprint density at radius 1 is 1.16 bits per heavy atom. The van der Waals surface area contributed by atoms with Crippen molar-refractivity contribution in [2.45, 2.75) is 52.7 Å². The Balaban J connectivity index is 1.82. The number of rotatable bonds is 8. The lowest BCUT2D eigenvalue weighted by molar-refractivity contribution is 0.268. The highest BCUT2D eigenvalue weighted by molar-refractivity contribution is 5.22. The molecule has 2 rings (SSSR count). The van der Waals surface area contributed by atoms with Crippen molar-refractivity contribution in [3.05, 3.63) is 35.4 Å². The number of hydrogen-bond donors (Lipinski definition) is 1. The van der Waals surface area contributed by atoms with Gasteiger partial charge in [-0.25, -0.2) is 0 Å². The zero-order valence-electron chi connectivity index (χ0n) is 12.7. The van der Waals surface area contributed by atoms with Gasteiger partial charge in [0.05, 0.1) is 0 Å². The summed E-state index contributed by atoms with van der Waals surface area (Å²) in [6.45, 7) is 11.2. The Bertz CT molecular complexity index is 365. The van der Waals surface area contributed by atoms with E-state index in [1.54, 1.807) is 0 Å². The quantitative estimate of drug-likeness (QED) is 0.770. The number of hydrogen-bond acceptors (Lipinski definition) is 2. The molecule has 1 aliphatic rings. The van der Waals surface area contributed by atoms with E-state index in [2.05, 4.69) is 55.3 Å². The third-order valence-corrected chi connectivity index (χ3v) is 3.80. The molecule has 0 radical (unpaired) electrons. The molecule has 0 atom stereocenters. The second-order valence-electron chi connectivity index (χ2n) is 6.12. The van der Waals surface area contributed by atoms with Gasteiger partial charge in [0.1, 0.15) is 0 Å². The second-order valence-corrected chi connectivity index (χ2v) is 6.12. The molecule has 0 spiro atoms. The Labute approximate surface area is 118 Å². The summed E-state index contributed by atoms with van der Waals surface area (Å²) in [6.07, 6.45) is 2.88. The van der Waals surface area contributed by atoms with Crippen molar-refractivity contribution in [1.82, 2.24) is 10.2 Å². The van der Waals surface area contributed by atoms with Gasteiger partial charge in [-0.3, -0.25) is 4.90 Å². The maximum absolute atomic E-state index is 3.46. The normalized spacial score (nSPS) is 15.4. The molecule has 2 nitrogen and oxygen atoms in total. The molecule has 1 saturated carbocycles. The van der Waals surface area contributed by atoms with Crippen molar-refractivity contribution in [3.63, 3.8) is 0 Å². The molecule has 1 aliphatic carbocycles. The third-order valence-electron chi connectivity index (χ3n) is 3.80. The molecular weight excluding hydrogens is 232 g/mol. The monoisotopic (exact) mass is 260 g/mol. The molecule has 0 aliphatic heterocycles. The van der Waals surface area contributed by atoms with E-state index < -0.39 is 0 Å². The highest BCUT2D eigenvalue weighted by atomic mass is 15.1. The van der Waals surface area contributed by atoms with Crippen LogP contribution < -0.4 is 5.32 Å². The number of benzene rings is 1. The molecule has 2 heteroatoms. The van der Waals surface area contributed by atoms with Gasteiger partial charge in [-0.2, -0.15) is 0 Å². The molecule has 0 saturated heterocycles. The molecule has 0 unspecified atom stereocenters. The van der Waals surface area contributed by atoms with Gasteiger partial charge >= 0.3 is 0 Å². The Morgan fingerprint density at radius 2 is 1.79 bits per heavy atom. The zero-order chi connectivity index (χ0) is 13.7. The molecule has 19 heavy (non-hydrogen) atoms. The van der Waals surface area contributed by atoms with E-state index in [0.29, 0.717) is 6.04 Å². The lowest BCUT2D eigenvalue weighted by Crippen LogP contribution is -2.25. The van der Waals surface area contributed by atoms with Crippen molar-refractivity contribution < 1.29 is 0 Å². The van der Waals surface area contributed by atoms with Crippen molar-refractivity contribution in [2.75, 3.05) is 13.1 Å². The predicted molar refractivity (Wildman–Crippen MR) is 82.1 cm³/mol. The SMILES string of the molecule is CCN(Cc1ccc(CNC(C)C)cc1)CC1CC1. The van der Waals surface area contributed by atoms with E-state index in [0.717, 1.165) is 25.6 Å². The molecule has 0 bridgehead atoms. The summed E-state index contributed by atoms with van der Waals surface area (Å²) in [7, 11) is 0. The summed E-state index contributed by atoms with van der Waals surface area (Å²) in [5.74, 6) is 0.981. The van der Waals surface area contributed by atoms with E-state index in [1.165, 1.54) is 30.5 Å². The summed E-state index contributed by atoms with van der Waals surface area (Å²) in [5, 5.41) is 3.46. The first-order valence-electron chi connectivity index (χ1n) is 7.71. The number of nitrogens with zero attached hydrogens (tertiary/aromatic N) is 1. The van der Waals surface area contributed by atoms with Crippen LogP contribution >= 0.6 is 0 Å². The number of nitrogens with one attached hydrogen (secondary N) is 1. The van der Waals surface area contributed by atoms with E-state index in [9.17, 15) is 0 Å². The highest BCUT2D eigenvalue weighted by Gasteiger charge is 2.23. The third kappa shape index (κ3) is 5.33. The van der Waals surface area contributed by atoms with Crippen molar-refractivity contribution >= 4 is 0 Å². The predicted octanol–water partition coefficient (Wildman–Crippen LogP) is 3.42. The summed E-state index contributed by atoms with van der Waals surface area (Å²) >= 11 is 0. The van der Waals surface area contributed by atoms with Gasteiger partial charge in [0, 0.05) is 25.7 Å². The largest absolute Gasteiger partial charge is 0.310 e. The summed E-state index contributed by atoms with van der Waals surface area (Å²) in [4.78, 5) is 2.57. The van der Waals surface area contributed by atoms with Crippen LogP contribution in [0.4, 0.5) is 0 Å². The maximum atomic E-state index is 3.46. The zero-order valence-corrected chi connectivity index (χ0v) is 12.7. The summed E-state index contributed by atoms with van der Waals surface area (Å²) < 4.78 is 0. The Kier molecular flexibility index (Phi) is 5.41. The highest BCUT2D eigenvalue weighted by Crippen LogP contribution is 2.30. The van der Waals surface area contributed by atoms with Gasteiger partial charge in [0.2, 0.25) is 0 Å². The van der Waals surface area contributed by atoms with Gasteiger partial charge in [-0.1, -0.05) is 45.0 Å². The molecule has 106 valence electrons. The van der Waals surface area contributed by atoms with E-state index in [4.69, 9.17) is 0 Å². The Hall–Kier alpha value is -0.860. The molecule has 1 N–H and O–H groups in total. The minimum absolute atomic E-state index is 0.550. The van der Waals surface area contributed by atoms with E-state index in [1.807, 2.05) is 0 Å². The summed E-state index contributed by atoms with van der Waals surface area (Å²) in [5.41, 5.74) is 2.82. The molecule has 1 fully saturated rings. The van der Waals surface area contributed by atoms with Crippen LogP contribution in [-0.2, 0) is 13.1 Å². The van der Waals surface area contributed by atoms with Crippen LogP contribution in [0.1, 0.15) is 44.7 Å². The van der Waals surface area contributed by atoms with Gasteiger partial charge in [-0.05, 0) is 36.4 Å². The molecule has 0 amide bonds.